The van der Waals surface area contributed by atoms with Crippen molar-refractivity contribution in [1.82, 2.24) is 20.0 Å². The van der Waals surface area contributed by atoms with Crippen LogP contribution in [-0.2, 0) is 6.54 Å². The predicted octanol–water partition coefficient (Wildman–Crippen LogP) is 1.42. The fourth-order valence-corrected chi connectivity index (χ4v) is 1.48. The lowest BCUT2D eigenvalue weighted by molar-refractivity contribution is 0.660. The highest BCUT2D eigenvalue weighted by atomic mass is 32.1. The van der Waals surface area contributed by atoms with Crippen LogP contribution in [0.5, 0.6) is 0 Å². The largest absolute Gasteiger partial charge is 0.272 e. The second kappa shape index (κ2) is 3.02. The second-order valence-corrected chi connectivity index (χ2v) is 3.16. The number of rotatable bonds is 2. The first kappa shape index (κ1) is 7.42. The van der Waals surface area contributed by atoms with E-state index in [0.29, 0.717) is 0 Å². The molecule has 0 aliphatic carbocycles. The monoisotopic (exact) mass is 180 g/mol. The molecule has 5 heteroatoms. The summed E-state index contributed by atoms with van der Waals surface area (Å²) in [7, 11) is 0. The van der Waals surface area contributed by atoms with E-state index in [1.54, 1.807) is 5.51 Å². The van der Waals surface area contributed by atoms with E-state index in [1.165, 1.54) is 11.3 Å². The summed E-state index contributed by atoms with van der Waals surface area (Å²) in [6.07, 6.45) is 3.78. The van der Waals surface area contributed by atoms with E-state index in [0.717, 1.165) is 17.1 Å². The number of hydrogen-bond donors (Lipinski definition) is 0. The van der Waals surface area contributed by atoms with Crippen molar-refractivity contribution in [3.8, 4) is 10.6 Å². The van der Waals surface area contributed by atoms with Crippen LogP contribution in [0.25, 0.3) is 10.6 Å². The molecule has 0 aliphatic heterocycles. The third-order valence-corrected chi connectivity index (χ3v) is 2.30. The molecule has 0 fully saturated rings. The molecule has 0 saturated heterocycles. The fourth-order valence-electron chi connectivity index (χ4n) is 0.946. The lowest BCUT2D eigenvalue weighted by atomic mass is 10.4. The molecule has 4 nitrogen and oxygen atoms in total. The molecule has 12 heavy (non-hydrogen) atoms. The Bertz CT molecular complexity index is 351. The smallest absolute Gasteiger partial charge is 0.150 e. The molecule has 0 aliphatic rings. The van der Waals surface area contributed by atoms with Crippen molar-refractivity contribution in [2.45, 2.75) is 13.5 Å². The highest BCUT2D eigenvalue weighted by Crippen LogP contribution is 2.18. The van der Waals surface area contributed by atoms with Gasteiger partial charge >= 0.3 is 0 Å². The van der Waals surface area contributed by atoms with Crippen LogP contribution in [0, 0.1) is 0 Å². The molecule has 0 atom stereocenters. The SMILES string of the molecule is CCn1cc(-c2nncs2)cn1. The Balaban J connectivity index is 2.35. The summed E-state index contributed by atoms with van der Waals surface area (Å²) in [6, 6.07) is 0. The van der Waals surface area contributed by atoms with Crippen LogP contribution in [0.3, 0.4) is 0 Å². The maximum Gasteiger partial charge on any atom is 0.150 e. The predicted molar refractivity (Wildman–Crippen MR) is 46.8 cm³/mol. The molecule has 0 amide bonds. The molecule has 2 aromatic heterocycles. The Morgan fingerprint density at radius 3 is 3.08 bits per heavy atom. The Labute approximate surface area is 73.9 Å². The standard InChI is InChI=1S/C7H8N4S/c1-2-11-4-6(3-9-11)7-10-8-5-12-7/h3-5H,2H2,1H3. The Hall–Kier alpha value is -1.23. The molecular formula is C7H8N4S. The van der Waals surface area contributed by atoms with Crippen LogP contribution < -0.4 is 0 Å². The average molecular weight is 180 g/mol. The van der Waals surface area contributed by atoms with Crippen molar-refractivity contribution >= 4 is 11.3 Å². The van der Waals surface area contributed by atoms with Gasteiger partial charge in [0, 0.05) is 12.7 Å². The van der Waals surface area contributed by atoms with E-state index < -0.39 is 0 Å². The van der Waals surface area contributed by atoms with E-state index in [1.807, 2.05) is 17.1 Å². The lowest BCUT2D eigenvalue weighted by Crippen LogP contribution is -1.91. The van der Waals surface area contributed by atoms with Crippen LogP contribution in [0.4, 0.5) is 0 Å². The Kier molecular flexibility index (Phi) is 1.87. The van der Waals surface area contributed by atoms with Crippen LogP contribution in [0.2, 0.25) is 0 Å². The summed E-state index contributed by atoms with van der Waals surface area (Å²) in [5.41, 5.74) is 2.76. The summed E-state index contributed by atoms with van der Waals surface area (Å²) >= 11 is 1.52. The van der Waals surface area contributed by atoms with Gasteiger partial charge < -0.3 is 0 Å². The van der Waals surface area contributed by atoms with Crippen LogP contribution in [0.1, 0.15) is 6.92 Å². The highest BCUT2D eigenvalue weighted by molar-refractivity contribution is 7.12. The maximum absolute atomic E-state index is 4.15. The molecule has 2 rings (SSSR count). The number of hydrogen-bond acceptors (Lipinski definition) is 4. The molecule has 0 radical (unpaired) electrons. The topological polar surface area (TPSA) is 43.6 Å². The van der Waals surface area contributed by atoms with Crippen molar-refractivity contribution in [2.75, 3.05) is 0 Å². The first-order valence-electron chi connectivity index (χ1n) is 3.69. The van der Waals surface area contributed by atoms with Crippen LogP contribution in [-0.4, -0.2) is 20.0 Å². The van der Waals surface area contributed by atoms with Gasteiger partial charge in [0.05, 0.1) is 11.8 Å². The van der Waals surface area contributed by atoms with Gasteiger partial charge in [-0.3, -0.25) is 4.68 Å². The van der Waals surface area contributed by atoms with Gasteiger partial charge in [-0.05, 0) is 6.92 Å². The van der Waals surface area contributed by atoms with Gasteiger partial charge in [0.25, 0.3) is 0 Å². The number of nitrogens with zero attached hydrogens (tertiary/aromatic N) is 4. The van der Waals surface area contributed by atoms with Crippen molar-refractivity contribution in [1.29, 1.82) is 0 Å². The van der Waals surface area contributed by atoms with E-state index in [9.17, 15) is 0 Å². The minimum atomic E-state index is 0.888. The van der Waals surface area contributed by atoms with Crippen LogP contribution in [0.15, 0.2) is 17.9 Å². The molecule has 2 heterocycles. The first-order chi connectivity index (χ1) is 5.90. The molecular weight excluding hydrogens is 172 g/mol. The Morgan fingerprint density at radius 1 is 1.58 bits per heavy atom. The molecule has 2 aromatic rings. The van der Waals surface area contributed by atoms with Gasteiger partial charge in [0.2, 0.25) is 0 Å². The zero-order valence-electron chi connectivity index (χ0n) is 6.64. The van der Waals surface area contributed by atoms with Gasteiger partial charge in [0.1, 0.15) is 5.51 Å². The minimum Gasteiger partial charge on any atom is -0.272 e. The van der Waals surface area contributed by atoms with Crippen molar-refractivity contribution in [2.24, 2.45) is 0 Å². The lowest BCUT2D eigenvalue weighted by Gasteiger charge is -1.89. The average Bonchev–Trinajstić information content (AvgIpc) is 2.75. The second-order valence-electron chi connectivity index (χ2n) is 2.33. The van der Waals surface area contributed by atoms with Crippen molar-refractivity contribution < 1.29 is 0 Å². The van der Waals surface area contributed by atoms with Crippen molar-refractivity contribution in [3.05, 3.63) is 17.9 Å². The summed E-state index contributed by atoms with van der Waals surface area (Å²) < 4.78 is 1.87. The zero-order valence-corrected chi connectivity index (χ0v) is 7.45. The normalized spacial score (nSPS) is 10.4. The van der Waals surface area contributed by atoms with Gasteiger partial charge in [-0.25, -0.2) is 0 Å². The van der Waals surface area contributed by atoms with E-state index in [-0.39, 0.29) is 0 Å². The summed E-state index contributed by atoms with van der Waals surface area (Å²) in [6.45, 7) is 2.94. The molecule has 62 valence electrons. The summed E-state index contributed by atoms with van der Waals surface area (Å²) in [4.78, 5) is 0. The number of aromatic nitrogens is 4. The minimum absolute atomic E-state index is 0.888. The Morgan fingerprint density at radius 2 is 2.50 bits per heavy atom. The zero-order chi connectivity index (χ0) is 8.39. The molecule has 0 N–H and O–H groups in total. The van der Waals surface area contributed by atoms with Gasteiger partial charge in [-0.1, -0.05) is 11.3 Å². The van der Waals surface area contributed by atoms with Crippen LogP contribution >= 0.6 is 11.3 Å². The van der Waals surface area contributed by atoms with Crippen molar-refractivity contribution in [3.63, 3.8) is 0 Å². The highest BCUT2D eigenvalue weighted by Gasteiger charge is 2.02. The van der Waals surface area contributed by atoms with Gasteiger partial charge in [0.15, 0.2) is 5.01 Å². The van der Waals surface area contributed by atoms with E-state index >= 15 is 0 Å². The summed E-state index contributed by atoms with van der Waals surface area (Å²) in [5.74, 6) is 0. The molecule has 0 saturated carbocycles. The van der Waals surface area contributed by atoms with E-state index in [4.69, 9.17) is 0 Å². The van der Waals surface area contributed by atoms with Gasteiger partial charge in [-0.15, -0.1) is 10.2 Å². The molecule has 0 unspecified atom stereocenters. The maximum atomic E-state index is 4.15. The van der Waals surface area contributed by atoms with Gasteiger partial charge in [-0.2, -0.15) is 5.10 Å². The fraction of sp³-hybridized carbons (Fsp3) is 0.286. The third-order valence-electron chi connectivity index (χ3n) is 1.56. The summed E-state index contributed by atoms with van der Waals surface area (Å²) in [5, 5.41) is 12.8. The third kappa shape index (κ3) is 1.23. The van der Waals surface area contributed by atoms with E-state index in [2.05, 4.69) is 22.2 Å². The quantitative estimate of drug-likeness (QED) is 0.702. The molecule has 0 aromatic carbocycles. The molecule has 0 bridgehead atoms. The molecule has 0 spiro atoms. The number of aryl methyl sites for hydroxylation is 1. The first-order valence-corrected chi connectivity index (χ1v) is 4.57.